The van der Waals surface area contributed by atoms with Crippen LogP contribution in [0.3, 0.4) is 0 Å². The normalized spacial score (nSPS) is 13.4. The van der Waals surface area contributed by atoms with Crippen LogP contribution in [0.25, 0.3) is 0 Å². The number of hydrogen-bond acceptors (Lipinski definition) is 14. The Morgan fingerprint density at radius 1 is 0.519 bits per heavy atom. The van der Waals surface area contributed by atoms with Crippen LogP contribution in [0.15, 0.2) is 0 Å². The van der Waals surface area contributed by atoms with E-state index in [4.69, 9.17) is 19.7 Å². The van der Waals surface area contributed by atoms with Gasteiger partial charge in [0.25, 0.3) is 0 Å². The highest BCUT2D eigenvalue weighted by Gasteiger charge is 2.29. The summed E-state index contributed by atoms with van der Waals surface area (Å²) in [4.78, 5) is 120. The van der Waals surface area contributed by atoms with Gasteiger partial charge in [0.1, 0.15) is 48.5 Å². The van der Waals surface area contributed by atoms with Crippen LogP contribution in [0.1, 0.15) is 67.2 Å². The van der Waals surface area contributed by atoms with E-state index in [2.05, 4.69) is 31.9 Å². The van der Waals surface area contributed by atoms with Crippen molar-refractivity contribution in [2.45, 2.75) is 103 Å². The molecule has 306 valence electrons. The fraction of sp³-hybridized carbons (Fsp3) is 0.667. The van der Waals surface area contributed by atoms with Crippen LogP contribution in [0.4, 0.5) is 9.59 Å². The number of alkyl carbamates (subject to hydrolysis) is 2. The number of carboxylic acid groups (broad SMARTS) is 4. The summed E-state index contributed by atoms with van der Waals surface area (Å²) in [6.45, 7) is 7.72. The van der Waals surface area contributed by atoms with Gasteiger partial charge in [-0.05, 0) is 54.4 Å². The first-order valence-electron chi connectivity index (χ1n) is 16.1. The zero-order valence-electron chi connectivity index (χ0n) is 30.5. The van der Waals surface area contributed by atoms with Crippen LogP contribution < -0.4 is 31.9 Å². The molecule has 6 amide bonds. The van der Waals surface area contributed by atoms with Gasteiger partial charge in [0.15, 0.2) is 0 Å². The monoisotopic (exact) mass is 812 g/mol. The van der Waals surface area contributed by atoms with Gasteiger partial charge in [0.05, 0.1) is 0 Å². The number of rotatable bonds is 23. The molecule has 0 aliphatic heterocycles. The van der Waals surface area contributed by atoms with Crippen molar-refractivity contribution in [1.29, 1.82) is 0 Å². The largest absolute Gasteiger partial charge is 0.480 e. The van der Waals surface area contributed by atoms with Crippen LogP contribution in [-0.4, -0.2) is 140 Å². The molecule has 0 aromatic rings. The molecule has 0 heterocycles. The minimum atomic E-state index is -1.54. The summed E-state index contributed by atoms with van der Waals surface area (Å²) < 4.78 is 10.0. The van der Waals surface area contributed by atoms with Crippen LogP contribution >= 0.6 is 21.6 Å². The van der Waals surface area contributed by atoms with E-state index in [1.54, 1.807) is 41.5 Å². The highest BCUT2D eigenvalue weighted by atomic mass is 33.1. The molecule has 22 nitrogen and oxygen atoms in total. The molecule has 0 aromatic heterocycles. The van der Waals surface area contributed by atoms with Crippen molar-refractivity contribution in [1.82, 2.24) is 31.9 Å². The predicted molar refractivity (Wildman–Crippen MR) is 190 cm³/mol. The van der Waals surface area contributed by atoms with E-state index >= 15 is 0 Å². The zero-order valence-corrected chi connectivity index (χ0v) is 32.1. The van der Waals surface area contributed by atoms with Crippen molar-refractivity contribution in [3.63, 3.8) is 0 Å². The Bertz CT molecular complexity index is 1280. The van der Waals surface area contributed by atoms with E-state index in [1.165, 1.54) is 0 Å². The molecule has 0 rings (SSSR count). The lowest BCUT2D eigenvalue weighted by Gasteiger charge is -2.22. The Morgan fingerprint density at radius 3 is 1.09 bits per heavy atom. The average Bonchev–Trinajstić information content (AvgIpc) is 3.01. The van der Waals surface area contributed by atoms with E-state index in [1.807, 2.05) is 0 Å². The van der Waals surface area contributed by atoms with Crippen LogP contribution in [-0.2, 0) is 47.8 Å². The molecule has 0 aliphatic rings. The molecule has 0 saturated carbocycles. The highest BCUT2D eigenvalue weighted by Crippen LogP contribution is 2.23. The zero-order chi connectivity index (χ0) is 41.8. The number of carboxylic acids is 4. The molecule has 0 aromatic carbocycles. The first-order valence-corrected chi connectivity index (χ1v) is 18.5. The fourth-order valence-corrected chi connectivity index (χ4v) is 6.00. The van der Waals surface area contributed by atoms with Gasteiger partial charge in [0.2, 0.25) is 23.6 Å². The van der Waals surface area contributed by atoms with Gasteiger partial charge in [-0.25, -0.2) is 19.2 Å². The molecule has 54 heavy (non-hydrogen) atoms. The fourth-order valence-electron chi connectivity index (χ4n) is 3.67. The summed E-state index contributed by atoms with van der Waals surface area (Å²) in [5.41, 5.74) is -1.86. The molecule has 0 aliphatic carbocycles. The van der Waals surface area contributed by atoms with Gasteiger partial charge in [-0.2, -0.15) is 0 Å². The molecular formula is C30H48N6O16S2. The molecule has 24 heteroatoms. The van der Waals surface area contributed by atoms with Crippen molar-refractivity contribution in [2.24, 2.45) is 0 Å². The topological polar surface area (TPSA) is 342 Å². The molecule has 0 unspecified atom stereocenters. The molecule has 4 atom stereocenters. The Balaban J connectivity index is 5.56. The minimum absolute atomic E-state index is 0.256. The number of carbonyl (C=O) groups excluding carboxylic acids is 6. The van der Waals surface area contributed by atoms with Crippen molar-refractivity contribution >= 4 is 81.3 Å². The maximum absolute atomic E-state index is 12.7. The molecular weight excluding hydrogens is 764 g/mol. The SMILES string of the molecule is CC(C)(C)OC(=O)N[C@@H](CCC(=O)N[C@@H](CSSC[C@H](NC(=O)CC[C@H](NC(=O)OC(C)(C)C)C(=O)O)C(=O)NCC(=O)O)C(=O)NCC(=O)O)C(=O)O. The van der Waals surface area contributed by atoms with Gasteiger partial charge < -0.3 is 61.8 Å². The quantitative estimate of drug-likeness (QED) is 0.0448. The maximum atomic E-state index is 12.7. The number of nitrogens with one attached hydrogen (secondary N) is 6. The third-order valence-electron chi connectivity index (χ3n) is 5.98. The lowest BCUT2D eigenvalue weighted by Crippen LogP contribution is -2.50. The van der Waals surface area contributed by atoms with Crippen LogP contribution in [0, 0.1) is 0 Å². The Hall–Kier alpha value is -5.00. The first-order chi connectivity index (χ1) is 24.8. The van der Waals surface area contributed by atoms with E-state index in [-0.39, 0.29) is 11.5 Å². The van der Waals surface area contributed by atoms with Crippen molar-refractivity contribution in [3.05, 3.63) is 0 Å². The molecule has 0 radical (unpaired) electrons. The van der Waals surface area contributed by atoms with Crippen molar-refractivity contribution < 1.29 is 77.8 Å². The number of hydrogen-bond donors (Lipinski definition) is 10. The number of carbonyl (C=O) groups is 10. The molecule has 10 N–H and O–H groups in total. The summed E-state index contributed by atoms with van der Waals surface area (Å²) in [6.07, 6.45) is -3.91. The predicted octanol–water partition coefficient (Wildman–Crippen LogP) is -0.745. The van der Waals surface area contributed by atoms with E-state index in [0.29, 0.717) is 0 Å². The van der Waals surface area contributed by atoms with Gasteiger partial charge in [-0.15, -0.1) is 0 Å². The lowest BCUT2D eigenvalue weighted by atomic mass is 10.1. The first kappa shape index (κ1) is 49.0. The maximum Gasteiger partial charge on any atom is 0.408 e. The number of amides is 6. The number of aliphatic carboxylic acids is 4. The van der Waals surface area contributed by atoms with E-state index < -0.39 is 134 Å². The molecule has 0 spiro atoms. The highest BCUT2D eigenvalue weighted by molar-refractivity contribution is 8.76. The van der Waals surface area contributed by atoms with Crippen LogP contribution in [0.2, 0.25) is 0 Å². The summed E-state index contributed by atoms with van der Waals surface area (Å²) >= 11 is 0. The second-order valence-corrected chi connectivity index (χ2v) is 15.7. The second kappa shape index (κ2) is 23.6. The van der Waals surface area contributed by atoms with Gasteiger partial charge in [-0.1, -0.05) is 21.6 Å². The third kappa shape index (κ3) is 24.3. The third-order valence-corrected chi connectivity index (χ3v) is 8.40. The van der Waals surface area contributed by atoms with E-state index in [9.17, 15) is 58.2 Å². The minimum Gasteiger partial charge on any atom is -0.480 e. The Kier molecular flexibility index (Phi) is 21.4. The van der Waals surface area contributed by atoms with Gasteiger partial charge in [-0.3, -0.25) is 28.8 Å². The standard InChI is InChI=1S/C30H48N6O16S2/c1-29(2,3)51-27(49)35-15(25(45)46)7-9-19(37)33-17(23(43)31-11-21(39)40)13-53-54-14-18(24(44)32-12-22(41)42)34-20(38)10-8-16(26(47)48)36-28(50)52-30(4,5)6/h15-18H,7-14H2,1-6H3,(H,31,43)(H,32,44)(H,33,37)(H,34,38)(H,35,49)(H,36,50)(H,39,40)(H,41,42)(H,45,46)(H,47,48)/t15-,16-,17-,18-/m0/s1. The van der Waals surface area contributed by atoms with Gasteiger partial charge in [0, 0.05) is 24.3 Å². The summed E-state index contributed by atoms with van der Waals surface area (Å²) in [5, 5.41) is 49.9. The summed E-state index contributed by atoms with van der Waals surface area (Å²) in [6, 6.07) is -5.86. The van der Waals surface area contributed by atoms with Gasteiger partial charge >= 0.3 is 36.1 Å². The van der Waals surface area contributed by atoms with Crippen LogP contribution in [0.5, 0.6) is 0 Å². The Morgan fingerprint density at radius 2 is 0.833 bits per heavy atom. The average molecular weight is 813 g/mol. The van der Waals surface area contributed by atoms with E-state index in [0.717, 1.165) is 21.6 Å². The summed E-state index contributed by atoms with van der Waals surface area (Å²) in [5.74, 6) is -9.78. The lowest BCUT2D eigenvalue weighted by molar-refractivity contribution is -0.141. The molecule has 0 saturated heterocycles. The molecule has 0 fully saturated rings. The number of ether oxygens (including phenoxy) is 2. The summed E-state index contributed by atoms with van der Waals surface area (Å²) in [7, 11) is 1.76. The second-order valence-electron chi connectivity index (χ2n) is 13.2. The van der Waals surface area contributed by atoms with Crippen molar-refractivity contribution in [2.75, 3.05) is 24.6 Å². The smallest absolute Gasteiger partial charge is 0.408 e. The Labute approximate surface area is 317 Å². The van der Waals surface area contributed by atoms with Crippen molar-refractivity contribution in [3.8, 4) is 0 Å². The molecule has 0 bridgehead atoms.